The minimum atomic E-state index is -0.462. The molecule has 0 spiro atoms. The monoisotopic (exact) mass is 309 g/mol. The number of esters is 1. The number of thiazole rings is 1. The maximum atomic E-state index is 11.9. The van der Waals surface area contributed by atoms with Crippen LogP contribution in [0.3, 0.4) is 0 Å². The van der Waals surface area contributed by atoms with Gasteiger partial charge in [0.15, 0.2) is 15.8 Å². The molecule has 0 N–H and O–H groups in total. The van der Waals surface area contributed by atoms with Gasteiger partial charge in [-0.1, -0.05) is 32.4 Å². The lowest BCUT2D eigenvalue weighted by Crippen LogP contribution is -2.21. The van der Waals surface area contributed by atoms with Crippen LogP contribution in [0.15, 0.2) is 22.3 Å². The fourth-order valence-electron chi connectivity index (χ4n) is 1.77. The molecule has 7 heteroatoms. The Bertz CT molecular complexity index is 764. The minimum absolute atomic E-state index is 0.241. The van der Waals surface area contributed by atoms with Gasteiger partial charge >= 0.3 is 5.97 Å². The fraction of sp³-hybridized carbons (Fsp3) is 0.308. The van der Waals surface area contributed by atoms with Gasteiger partial charge < -0.3 is 4.74 Å². The number of hydrogen-bond donors (Lipinski definition) is 0. The first-order valence-electron chi connectivity index (χ1n) is 6.00. The standard InChI is InChI=1S/C13H12ClN3O2S/c1-13(2,3)11-15-7(10(18)19-11)6-8-9(14)16-12-17(8)4-5-20-12/h4-6H,1-3H3. The smallest absolute Gasteiger partial charge is 0.363 e. The highest BCUT2D eigenvalue weighted by Crippen LogP contribution is 2.28. The Morgan fingerprint density at radius 1 is 1.45 bits per heavy atom. The minimum Gasteiger partial charge on any atom is -0.406 e. The molecular weight excluding hydrogens is 298 g/mol. The molecule has 2 aromatic rings. The fourth-order valence-corrected chi connectivity index (χ4v) is 2.76. The second-order valence-corrected chi connectivity index (χ2v) is 6.66. The Hall–Kier alpha value is -1.66. The summed E-state index contributed by atoms with van der Waals surface area (Å²) in [7, 11) is 0. The Balaban J connectivity index is 2.08. The Kier molecular flexibility index (Phi) is 2.95. The summed E-state index contributed by atoms with van der Waals surface area (Å²) >= 11 is 7.56. The molecule has 0 radical (unpaired) electrons. The molecule has 20 heavy (non-hydrogen) atoms. The summed E-state index contributed by atoms with van der Waals surface area (Å²) in [6, 6.07) is 0. The number of carbonyl (C=O) groups excluding carboxylic acids is 1. The van der Waals surface area contributed by atoms with Crippen molar-refractivity contribution in [1.82, 2.24) is 9.38 Å². The van der Waals surface area contributed by atoms with Crippen molar-refractivity contribution in [2.24, 2.45) is 10.4 Å². The lowest BCUT2D eigenvalue weighted by Gasteiger charge is -2.15. The summed E-state index contributed by atoms with van der Waals surface area (Å²) in [5.41, 5.74) is 0.558. The van der Waals surface area contributed by atoms with Gasteiger partial charge in [0, 0.05) is 17.0 Å². The molecule has 0 aromatic carbocycles. The summed E-state index contributed by atoms with van der Waals surface area (Å²) < 4.78 is 7.01. The van der Waals surface area contributed by atoms with Crippen LogP contribution in [-0.4, -0.2) is 21.3 Å². The van der Waals surface area contributed by atoms with E-state index in [2.05, 4.69) is 9.98 Å². The molecule has 3 heterocycles. The van der Waals surface area contributed by atoms with Crippen LogP contribution in [-0.2, 0) is 9.53 Å². The van der Waals surface area contributed by atoms with Crippen LogP contribution in [0, 0.1) is 5.41 Å². The highest BCUT2D eigenvalue weighted by molar-refractivity contribution is 7.15. The van der Waals surface area contributed by atoms with Gasteiger partial charge in [-0.2, -0.15) is 0 Å². The first kappa shape index (κ1) is 13.3. The summed E-state index contributed by atoms with van der Waals surface area (Å²) in [6.07, 6.45) is 3.45. The summed E-state index contributed by atoms with van der Waals surface area (Å²) in [6.45, 7) is 5.81. The molecule has 0 aliphatic carbocycles. The summed E-state index contributed by atoms with van der Waals surface area (Å²) in [5, 5.41) is 2.24. The molecule has 0 amide bonds. The van der Waals surface area contributed by atoms with E-state index in [0.29, 0.717) is 16.7 Å². The van der Waals surface area contributed by atoms with E-state index in [9.17, 15) is 4.79 Å². The maximum Gasteiger partial charge on any atom is 0.363 e. The van der Waals surface area contributed by atoms with E-state index in [4.69, 9.17) is 16.3 Å². The average molecular weight is 310 g/mol. The van der Waals surface area contributed by atoms with E-state index in [1.807, 2.05) is 36.7 Å². The SMILES string of the molecule is CC(C)(C)C1=NC(=Cc2c(Cl)nc3sccn23)C(=O)O1. The van der Waals surface area contributed by atoms with Gasteiger partial charge in [0.25, 0.3) is 0 Å². The van der Waals surface area contributed by atoms with Crippen molar-refractivity contribution in [3.05, 3.63) is 28.1 Å². The molecule has 0 saturated heterocycles. The molecular formula is C13H12ClN3O2S. The highest BCUT2D eigenvalue weighted by atomic mass is 35.5. The van der Waals surface area contributed by atoms with Crippen LogP contribution in [0.1, 0.15) is 26.5 Å². The number of imidazole rings is 1. The van der Waals surface area contributed by atoms with Crippen LogP contribution in [0.4, 0.5) is 0 Å². The zero-order chi connectivity index (χ0) is 14.5. The normalized spacial score (nSPS) is 17.9. The van der Waals surface area contributed by atoms with Gasteiger partial charge in [-0.05, 0) is 6.08 Å². The van der Waals surface area contributed by atoms with Crippen LogP contribution < -0.4 is 0 Å². The molecule has 0 unspecified atom stereocenters. The maximum absolute atomic E-state index is 11.9. The van der Waals surface area contributed by atoms with Crippen molar-refractivity contribution >= 4 is 45.8 Å². The Labute approximate surface area is 124 Å². The molecule has 3 rings (SSSR count). The van der Waals surface area contributed by atoms with Crippen molar-refractivity contribution in [3.8, 4) is 0 Å². The number of fused-ring (bicyclic) bond motifs is 1. The van der Waals surface area contributed by atoms with Crippen LogP contribution in [0.2, 0.25) is 5.15 Å². The van der Waals surface area contributed by atoms with Gasteiger partial charge in [-0.25, -0.2) is 14.8 Å². The second-order valence-electron chi connectivity index (χ2n) is 5.43. The van der Waals surface area contributed by atoms with Gasteiger partial charge in [-0.3, -0.25) is 4.40 Å². The number of rotatable bonds is 1. The van der Waals surface area contributed by atoms with Crippen LogP contribution >= 0.6 is 22.9 Å². The van der Waals surface area contributed by atoms with Crippen LogP contribution in [0.5, 0.6) is 0 Å². The molecule has 104 valence electrons. The zero-order valence-corrected chi connectivity index (χ0v) is 12.7. The summed E-state index contributed by atoms with van der Waals surface area (Å²) in [5.74, 6) is -0.0490. The van der Waals surface area contributed by atoms with Crippen molar-refractivity contribution in [3.63, 3.8) is 0 Å². The van der Waals surface area contributed by atoms with Gasteiger partial charge in [-0.15, -0.1) is 11.3 Å². The molecule has 1 aliphatic heterocycles. The largest absolute Gasteiger partial charge is 0.406 e. The highest BCUT2D eigenvalue weighted by Gasteiger charge is 2.31. The van der Waals surface area contributed by atoms with E-state index < -0.39 is 5.97 Å². The van der Waals surface area contributed by atoms with Crippen molar-refractivity contribution in [2.45, 2.75) is 20.8 Å². The number of carbonyl (C=O) groups is 1. The van der Waals surface area contributed by atoms with E-state index in [1.54, 1.807) is 6.08 Å². The van der Waals surface area contributed by atoms with E-state index >= 15 is 0 Å². The van der Waals surface area contributed by atoms with E-state index in [0.717, 1.165) is 4.96 Å². The molecule has 0 saturated carbocycles. The Morgan fingerprint density at radius 3 is 2.85 bits per heavy atom. The van der Waals surface area contributed by atoms with Gasteiger partial charge in [0.2, 0.25) is 5.90 Å². The van der Waals surface area contributed by atoms with E-state index in [-0.39, 0.29) is 11.1 Å². The predicted octanol–water partition coefficient (Wildman–Crippen LogP) is 3.39. The van der Waals surface area contributed by atoms with E-state index in [1.165, 1.54) is 11.3 Å². The number of hydrogen-bond acceptors (Lipinski definition) is 5. The zero-order valence-electron chi connectivity index (χ0n) is 11.2. The molecule has 0 fully saturated rings. The third-order valence-corrected chi connectivity index (χ3v) is 3.82. The number of aromatic nitrogens is 2. The van der Waals surface area contributed by atoms with Gasteiger partial charge in [0.05, 0.1) is 5.69 Å². The van der Waals surface area contributed by atoms with Crippen LogP contribution in [0.25, 0.3) is 11.0 Å². The summed E-state index contributed by atoms with van der Waals surface area (Å²) in [4.78, 5) is 21.1. The average Bonchev–Trinajstić information content (AvgIpc) is 2.97. The number of cyclic esters (lactones) is 1. The third kappa shape index (κ3) is 2.14. The first-order valence-corrected chi connectivity index (χ1v) is 7.26. The lowest BCUT2D eigenvalue weighted by molar-refractivity contribution is -0.130. The molecule has 0 bridgehead atoms. The van der Waals surface area contributed by atoms with Gasteiger partial charge in [0.1, 0.15) is 0 Å². The molecule has 0 atom stereocenters. The quantitative estimate of drug-likeness (QED) is 0.599. The van der Waals surface area contributed by atoms with Crippen molar-refractivity contribution in [1.29, 1.82) is 0 Å². The number of aliphatic imine (C=N–C) groups is 1. The third-order valence-electron chi connectivity index (χ3n) is 2.79. The molecule has 5 nitrogen and oxygen atoms in total. The number of halogens is 1. The molecule has 1 aliphatic rings. The topological polar surface area (TPSA) is 56.0 Å². The number of ether oxygens (including phenoxy) is 1. The second kappa shape index (κ2) is 4.43. The Morgan fingerprint density at radius 2 is 2.20 bits per heavy atom. The van der Waals surface area contributed by atoms with Crippen molar-refractivity contribution < 1.29 is 9.53 Å². The predicted molar refractivity (Wildman–Crippen MR) is 79.0 cm³/mol. The molecule has 2 aromatic heterocycles. The number of nitrogens with zero attached hydrogens (tertiary/aromatic N) is 3. The van der Waals surface area contributed by atoms with Crippen molar-refractivity contribution in [2.75, 3.05) is 0 Å². The lowest BCUT2D eigenvalue weighted by atomic mass is 9.97. The first-order chi connectivity index (χ1) is 9.36.